The number of nitrogens with zero attached hydrogens (tertiary/aromatic N) is 2. The molecule has 3 N–H and O–H groups in total. The lowest BCUT2D eigenvalue weighted by Crippen LogP contribution is -2.43. The molecular weight excluding hydrogens is 452 g/mol. The standard InChI is InChI=1S/C29H30N4O3/c30-18-21-6-10-23(11-7-21)29(35)33(26-16-12-24(31)13-17-26)19-22-8-14-25(15-9-22)32-28(34)20-36-27-4-2-1-3-5-27/h1-11,14-15,24,26H,12-13,16-17,19-20,31H2,(H,32,34). The third-order valence-corrected chi connectivity index (χ3v) is 6.41. The molecule has 36 heavy (non-hydrogen) atoms. The predicted octanol–water partition coefficient (Wildman–Crippen LogP) is 4.49. The maximum atomic E-state index is 13.5. The number of nitrogens with two attached hydrogens (primary N) is 1. The van der Waals surface area contributed by atoms with Crippen molar-refractivity contribution in [2.75, 3.05) is 11.9 Å². The molecule has 184 valence electrons. The highest BCUT2D eigenvalue weighted by molar-refractivity contribution is 5.94. The van der Waals surface area contributed by atoms with Crippen molar-refractivity contribution in [2.24, 2.45) is 5.73 Å². The zero-order valence-electron chi connectivity index (χ0n) is 20.1. The summed E-state index contributed by atoms with van der Waals surface area (Å²) in [6.45, 7) is 0.368. The van der Waals surface area contributed by atoms with Crippen molar-refractivity contribution < 1.29 is 14.3 Å². The van der Waals surface area contributed by atoms with E-state index in [2.05, 4.69) is 11.4 Å². The zero-order chi connectivity index (χ0) is 25.3. The van der Waals surface area contributed by atoms with E-state index in [-0.39, 0.29) is 30.5 Å². The third-order valence-electron chi connectivity index (χ3n) is 6.41. The molecule has 0 unspecified atom stereocenters. The van der Waals surface area contributed by atoms with Gasteiger partial charge in [0, 0.05) is 29.9 Å². The van der Waals surface area contributed by atoms with Gasteiger partial charge in [0.2, 0.25) is 0 Å². The van der Waals surface area contributed by atoms with Crippen LogP contribution in [0.3, 0.4) is 0 Å². The van der Waals surface area contributed by atoms with Gasteiger partial charge >= 0.3 is 0 Å². The quantitative estimate of drug-likeness (QED) is 0.492. The SMILES string of the molecule is N#Cc1ccc(C(=O)N(Cc2ccc(NC(=O)COc3ccccc3)cc2)C2CCC(N)CC2)cc1. The van der Waals surface area contributed by atoms with E-state index in [9.17, 15) is 9.59 Å². The maximum absolute atomic E-state index is 13.5. The Hall–Kier alpha value is -4.15. The van der Waals surface area contributed by atoms with Crippen LogP contribution in [0.25, 0.3) is 0 Å². The lowest BCUT2D eigenvalue weighted by Gasteiger charge is -2.36. The molecule has 1 aliphatic carbocycles. The first kappa shape index (κ1) is 25.0. The Morgan fingerprint density at radius 2 is 1.61 bits per heavy atom. The molecule has 0 saturated heterocycles. The lowest BCUT2D eigenvalue weighted by atomic mass is 9.90. The average molecular weight is 483 g/mol. The van der Waals surface area contributed by atoms with Crippen molar-refractivity contribution in [1.29, 1.82) is 5.26 Å². The molecule has 0 aromatic heterocycles. The molecule has 0 radical (unpaired) electrons. The van der Waals surface area contributed by atoms with Gasteiger partial charge in [-0.2, -0.15) is 5.26 Å². The molecular formula is C29H30N4O3. The maximum Gasteiger partial charge on any atom is 0.262 e. The molecule has 0 spiro atoms. The monoisotopic (exact) mass is 482 g/mol. The van der Waals surface area contributed by atoms with Gasteiger partial charge in [0.15, 0.2) is 6.61 Å². The van der Waals surface area contributed by atoms with Crippen molar-refractivity contribution >= 4 is 17.5 Å². The second kappa shape index (κ2) is 12.0. The molecule has 0 atom stereocenters. The summed E-state index contributed by atoms with van der Waals surface area (Å²) in [5.41, 5.74) is 8.81. The van der Waals surface area contributed by atoms with Gasteiger partial charge in [-0.25, -0.2) is 0 Å². The number of anilines is 1. The molecule has 0 heterocycles. The van der Waals surface area contributed by atoms with Crippen LogP contribution in [0, 0.1) is 11.3 Å². The Balaban J connectivity index is 1.41. The summed E-state index contributed by atoms with van der Waals surface area (Å²) in [6.07, 6.45) is 3.49. The van der Waals surface area contributed by atoms with Gasteiger partial charge in [0.25, 0.3) is 11.8 Å². The Morgan fingerprint density at radius 3 is 2.25 bits per heavy atom. The minimum absolute atomic E-state index is 0.0598. The summed E-state index contributed by atoms with van der Waals surface area (Å²) in [5.74, 6) is 0.330. The number of rotatable bonds is 8. The van der Waals surface area contributed by atoms with Crippen LogP contribution in [0.1, 0.15) is 47.2 Å². The molecule has 4 rings (SSSR count). The van der Waals surface area contributed by atoms with Crippen molar-refractivity contribution in [3.05, 3.63) is 95.6 Å². The minimum Gasteiger partial charge on any atom is -0.484 e. The fourth-order valence-electron chi connectivity index (χ4n) is 4.39. The van der Waals surface area contributed by atoms with E-state index in [1.165, 1.54) is 0 Å². The summed E-state index contributed by atoms with van der Waals surface area (Å²) >= 11 is 0. The van der Waals surface area contributed by atoms with Crippen molar-refractivity contribution in [3.8, 4) is 11.8 Å². The highest BCUT2D eigenvalue weighted by Gasteiger charge is 2.28. The fourth-order valence-corrected chi connectivity index (χ4v) is 4.39. The van der Waals surface area contributed by atoms with E-state index < -0.39 is 0 Å². The summed E-state index contributed by atoms with van der Waals surface area (Å²) in [7, 11) is 0. The van der Waals surface area contributed by atoms with Crippen molar-refractivity contribution in [1.82, 2.24) is 4.90 Å². The molecule has 3 aromatic carbocycles. The van der Waals surface area contributed by atoms with Gasteiger partial charge in [-0.15, -0.1) is 0 Å². The largest absolute Gasteiger partial charge is 0.484 e. The highest BCUT2D eigenvalue weighted by Crippen LogP contribution is 2.26. The topological polar surface area (TPSA) is 108 Å². The van der Waals surface area contributed by atoms with E-state index >= 15 is 0 Å². The zero-order valence-corrected chi connectivity index (χ0v) is 20.1. The smallest absolute Gasteiger partial charge is 0.262 e. The Kier molecular flexibility index (Phi) is 8.32. The van der Waals surface area contributed by atoms with E-state index in [1.807, 2.05) is 47.4 Å². The molecule has 0 aliphatic heterocycles. The third kappa shape index (κ3) is 6.71. The minimum atomic E-state index is -0.247. The van der Waals surface area contributed by atoms with E-state index in [1.54, 1.807) is 36.4 Å². The van der Waals surface area contributed by atoms with Gasteiger partial charge in [-0.1, -0.05) is 30.3 Å². The van der Waals surface area contributed by atoms with E-state index in [4.69, 9.17) is 15.7 Å². The molecule has 2 amide bonds. The number of nitrogens with one attached hydrogen (secondary N) is 1. The summed E-state index contributed by atoms with van der Waals surface area (Å²) in [4.78, 5) is 27.6. The van der Waals surface area contributed by atoms with Gasteiger partial charge in [0.05, 0.1) is 11.6 Å². The van der Waals surface area contributed by atoms with Gasteiger partial charge in [-0.05, 0) is 79.8 Å². The number of ether oxygens (including phenoxy) is 1. The number of hydrogen-bond donors (Lipinski definition) is 2. The normalized spacial score (nSPS) is 17.0. The average Bonchev–Trinajstić information content (AvgIpc) is 2.92. The molecule has 1 aliphatic rings. The number of nitriles is 1. The van der Waals surface area contributed by atoms with Gasteiger partial charge in [0.1, 0.15) is 5.75 Å². The highest BCUT2D eigenvalue weighted by atomic mass is 16.5. The van der Waals surface area contributed by atoms with Crippen LogP contribution >= 0.6 is 0 Å². The number of para-hydroxylation sites is 1. The van der Waals surface area contributed by atoms with Crippen LogP contribution in [0.15, 0.2) is 78.9 Å². The Morgan fingerprint density at radius 1 is 0.944 bits per heavy atom. The summed E-state index contributed by atoms with van der Waals surface area (Å²) in [5, 5.41) is 11.9. The molecule has 0 bridgehead atoms. The van der Waals surface area contributed by atoms with Crippen molar-refractivity contribution in [3.63, 3.8) is 0 Å². The Bertz CT molecular complexity index is 1200. The van der Waals surface area contributed by atoms with Gasteiger partial charge in [-0.3, -0.25) is 9.59 Å². The second-order valence-corrected chi connectivity index (χ2v) is 9.04. The first-order chi connectivity index (χ1) is 17.5. The molecule has 7 heteroatoms. The van der Waals surface area contributed by atoms with E-state index in [0.29, 0.717) is 29.1 Å². The van der Waals surface area contributed by atoms with Crippen LogP contribution in [0.4, 0.5) is 5.69 Å². The number of carbonyl (C=O) groups excluding carboxylic acids is 2. The molecule has 1 fully saturated rings. The predicted molar refractivity (Wildman–Crippen MR) is 138 cm³/mol. The molecule has 3 aromatic rings. The first-order valence-electron chi connectivity index (χ1n) is 12.1. The summed E-state index contributed by atoms with van der Waals surface area (Å²) in [6, 6.07) is 25.8. The number of hydrogen-bond acceptors (Lipinski definition) is 5. The number of benzene rings is 3. The second-order valence-electron chi connectivity index (χ2n) is 9.04. The van der Waals surface area contributed by atoms with Crippen LogP contribution in [0.2, 0.25) is 0 Å². The lowest BCUT2D eigenvalue weighted by molar-refractivity contribution is -0.118. The van der Waals surface area contributed by atoms with Crippen LogP contribution in [-0.2, 0) is 11.3 Å². The van der Waals surface area contributed by atoms with Crippen molar-refractivity contribution in [2.45, 2.75) is 44.3 Å². The first-order valence-corrected chi connectivity index (χ1v) is 12.1. The van der Waals surface area contributed by atoms with Crippen LogP contribution < -0.4 is 15.8 Å². The molecule has 1 saturated carbocycles. The number of amides is 2. The van der Waals surface area contributed by atoms with Crippen LogP contribution in [-0.4, -0.2) is 35.4 Å². The van der Waals surface area contributed by atoms with E-state index in [0.717, 1.165) is 31.2 Å². The van der Waals surface area contributed by atoms with Gasteiger partial charge < -0.3 is 20.7 Å². The number of carbonyl (C=O) groups is 2. The van der Waals surface area contributed by atoms with Crippen LogP contribution in [0.5, 0.6) is 5.75 Å². The fraction of sp³-hybridized carbons (Fsp3) is 0.276. The molecule has 7 nitrogen and oxygen atoms in total. The Labute approximate surface area is 211 Å². The summed E-state index contributed by atoms with van der Waals surface area (Å²) < 4.78 is 5.49.